The van der Waals surface area contributed by atoms with E-state index in [4.69, 9.17) is 4.84 Å². The molecule has 0 saturated heterocycles. The zero-order valence-electron chi connectivity index (χ0n) is 10.1. The normalized spacial score (nSPS) is 13.2. The van der Waals surface area contributed by atoms with Crippen LogP contribution in [0, 0.1) is 0 Å². The minimum Gasteiger partial charge on any atom is -0.406 e. The predicted molar refractivity (Wildman–Crippen MR) is 63.8 cm³/mol. The van der Waals surface area contributed by atoms with Crippen molar-refractivity contribution in [3.63, 3.8) is 0 Å². The largest absolute Gasteiger partial charge is 0.406 e. The van der Waals surface area contributed by atoms with Crippen molar-refractivity contribution in [3.05, 3.63) is 30.3 Å². The lowest BCUT2D eigenvalue weighted by Gasteiger charge is -2.31. The van der Waals surface area contributed by atoms with Gasteiger partial charge in [-0.15, -0.1) is 5.06 Å². The standard InChI is InChI=1S/C13H21NO/c1-5-12(4)14(11(2)3)15-13-9-7-6-8-10-13/h6-12H,5H2,1-4H3/t12-/m1/s1. The third-order valence-corrected chi connectivity index (χ3v) is 2.49. The Morgan fingerprint density at radius 2 is 1.73 bits per heavy atom. The van der Waals surface area contributed by atoms with Gasteiger partial charge >= 0.3 is 0 Å². The third-order valence-electron chi connectivity index (χ3n) is 2.49. The second-order valence-electron chi connectivity index (χ2n) is 4.12. The minimum atomic E-state index is 0.389. The van der Waals surface area contributed by atoms with Crippen LogP contribution in [0.25, 0.3) is 0 Å². The van der Waals surface area contributed by atoms with Crippen LogP contribution in [-0.4, -0.2) is 17.1 Å². The summed E-state index contributed by atoms with van der Waals surface area (Å²) in [6.45, 7) is 8.65. The summed E-state index contributed by atoms with van der Waals surface area (Å²) < 4.78 is 0. The fourth-order valence-corrected chi connectivity index (χ4v) is 1.49. The summed E-state index contributed by atoms with van der Waals surface area (Å²) in [5.74, 6) is 0.909. The Bertz CT molecular complexity index is 271. The van der Waals surface area contributed by atoms with Gasteiger partial charge in [-0.2, -0.15) is 0 Å². The van der Waals surface area contributed by atoms with Crippen LogP contribution in [0.5, 0.6) is 5.75 Å². The quantitative estimate of drug-likeness (QED) is 0.685. The van der Waals surface area contributed by atoms with Crippen LogP contribution in [0.15, 0.2) is 30.3 Å². The second kappa shape index (κ2) is 5.76. The molecule has 0 heterocycles. The van der Waals surface area contributed by atoms with Crippen LogP contribution in [0.4, 0.5) is 0 Å². The molecule has 0 aliphatic heterocycles. The van der Waals surface area contributed by atoms with Gasteiger partial charge in [-0.1, -0.05) is 25.1 Å². The van der Waals surface area contributed by atoms with E-state index in [2.05, 4.69) is 32.8 Å². The van der Waals surface area contributed by atoms with Crippen LogP contribution >= 0.6 is 0 Å². The first-order valence-electron chi connectivity index (χ1n) is 5.66. The highest BCUT2D eigenvalue weighted by Crippen LogP contribution is 2.15. The molecule has 84 valence electrons. The van der Waals surface area contributed by atoms with E-state index in [0.29, 0.717) is 12.1 Å². The van der Waals surface area contributed by atoms with Crippen LogP contribution in [-0.2, 0) is 0 Å². The van der Waals surface area contributed by atoms with E-state index < -0.39 is 0 Å². The topological polar surface area (TPSA) is 12.5 Å². The Morgan fingerprint density at radius 3 is 2.20 bits per heavy atom. The Labute approximate surface area is 92.8 Å². The highest BCUT2D eigenvalue weighted by molar-refractivity contribution is 5.20. The number of hydrogen-bond donors (Lipinski definition) is 0. The highest BCUT2D eigenvalue weighted by Gasteiger charge is 2.17. The molecule has 0 spiro atoms. The van der Waals surface area contributed by atoms with Crippen molar-refractivity contribution in [2.75, 3.05) is 0 Å². The molecule has 0 unspecified atom stereocenters. The van der Waals surface area contributed by atoms with E-state index in [1.807, 2.05) is 30.3 Å². The Morgan fingerprint density at radius 1 is 1.13 bits per heavy atom. The Balaban J connectivity index is 2.67. The Hall–Kier alpha value is -1.02. The number of para-hydroxylation sites is 1. The van der Waals surface area contributed by atoms with Crippen LogP contribution < -0.4 is 4.84 Å². The van der Waals surface area contributed by atoms with Gasteiger partial charge in [0.05, 0.1) is 0 Å². The van der Waals surface area contributed by atoms with Crippen molar-refractivity contribution in [2.45, 2.75) is 46.2 Å². The molecule has 0 N–H and O–H groups in total. The van der Waals surface area contributed by atoms with Gasteiger partial charge in [0.25, 0.3) is 0 Å². The Kier molecular flexibility index (Phi) is 4.63. The fraction of sp³-hybridized carbons (Fsp3) is 0.538. The van der Waals surface area contributed by atoms with E-state index in [-0.39, 0.29) is 0 Å². The smallest absolute Gasteiger partial charge is 0.147 e. The molecule has 1 aromatic carbocycles. The first-order valence-corrected chi connectivity index (χ1v) is 5.66. The first-order chi connectivity index (χ1) is 7.15. The summed E-state index contributed by atoms with van der Waals surface area (Å²) >= 11 is 0. The molecule has 2 nitrogen and oxygen atoms in total. The molecule has 2 heteroatoms. The van der Waals surface area contributed by atoms with Crippen molar-refractivity contribution in [1.82, 2.24) is 5.06 Å². The first kappa shape index (κ1) is 12.1. The average Bonchev–Trinajstić information content (AvgIpc) is 2.26. The van der Waals surface area contributed by atoms with Gasteiger partial charge in [0.15, 0.2) is 0 Å². The maximum atomic E-state index is 5.86. The molecule has 0 amide bonds. The SMILES string of the molecule is CC[C@@H](C)N(Oc1ccccc1)C(C)C. The number of nitrogens with zero attached hydrogens (tertiary/aromatic N) is 1. The van der Waals surface area contributed by atoms with Crippen molar-refractivity contribution >= 4 is 0 Å². The molecule has 0 radical (unpaired) electrons. The minimum absolute atomic E-state index is 0.389. The van der Waals surface area contributed by atoms with Gasteiger partial charge in [-0.05, 0) is 39.3 Å². The van der Waals surface area contributed by atoms with Gasteiger partial charge in [-0.25, -0.2) is 0 Å². The maximum absolute atomic E-state index is 5.86. The van der Waals surface area contributed by atoms with E-state index in [1.54, 1.807) is 0 Å². The molecule has 0 bridgehead atoms. The van der Waals surface area contributed by atoms with Gasteiger partial charge in [0.1, 0.15) is 5.75 Å². The molecule has 0 saturated carbocycles. The third kappa shape index (κ3) is 3.56. The zero-order valence-corrected chi connectivity index (χ0v) is 10.1. The molecule has 0 aromatic heterocycles. The number of benzene rings is 1. The van der Waals surface area contributed by atoms with Crippen molar-refractivity contribution in [1.29, 1.82) is 0 Å². The van der Waals surface area contributed by atoms with Crippen molar-refractivity contribution in [3.8, 4) is 5.75 Å². The molecule has 0 aliphatic carbocycles. The fourth-order valence-electron chi connectivity index (χ4n) is 1.49. The maximum Gasteiger partial charge on any atom is 0.147 e. The number of rotatable bonds is 5. The molecule has 1 aromatic rings. The molecular formula is C13H21NO. The highest BCUT2D eigenvalue weighted by atomic mass is 16.7. The van der Waals surface area contributed by atoms with Gasteiger partial charge in [0.2, 0.25) is 0 Å². The number of hydrogen-bond acceptors (Lipinski definition) is 2. The summed E-state index contributed by atoms with van der Waals surface area (Å²) in [5, 5.41) is 2.05. The van der Waals surface area contributed by atoms with Gasteiger partial charge in [-0.3, -0.25) is 0 Å². The predicted octanol–water partition coefficient (Wildman–Crippen LogP) is 3.49. The molecular weight excluding hydrogens is 186 g/mol. The van der Waals surface area contributed by atoms with Crippen molar-refractivity contribution in [2.24, 2.45) is 0 Å². The van der Waals surface area contributed by atoms with Gasteiger partial charge < -0.3 is 4.84 Å². The van der Waals surface area contributed by atoms with E-state index in [9.17, 15) is 0 Å². The summed E-state index contributed by atoms with van der Waals surface area (Å²) in [6.07, 6.45) is 1.09. The summed E-state index contributed by atoms with van der Waals surface area (Å²) in [4.78, 5) is 5.86. The summed E-state index contributed by atoms with van der Waals surface area (Å²) in [7, 11) is 0. The monoisotopic (exact) mass is 207 g/mol. The van der Waals surface area contributed by atoms with Crippen LogP contribution in [0.1, 0.15) is 34.1 Å². The summed E-state index contributed by atoms with van der Waals surface area (Å²) in [6, 6.07) is 10.8. The van der Waals surface area contributed by atoms with Crippen LogP contribution in [0.3, 0.4) is 0 Å². The van der Waals surface area contributed by atoms with Gasteiger partial charge in [0, 0.05) is 12.1 Å². The lowest BCUT2D eigenvalue weighted by atomic mass is 10.2. The average molecular weight is 207 g/mol. The number of hydroxylamine groups is 2. The summed E-state index contributed by atoms with van der Waals surface area (Å²) in [5.41, 5.74) is 0. The molecule has 0 aliphatic rings. The lowest BCUT2D eigenvalue weighted by Crippen LogP contribution is -2.41. The van der Waals surface area contributed by atoms with Crippen LogP contribution in [0.2, 0.25) is 0 Å². The van der Waals surface area contributed by atoms with E-state index >= 15 is 0 Å². The van der Waals surface area contributed by atoms with Crippen molar-refractivity contribution < 1.29 is 4.84 Å². The molecule has 15 heavy (non-hydrogen) atoms. The molecule has 1 atom stereocenters. The lowest BCUT2D eigenvalue weighted by molar-refractivity contribution is -0.116. The van der Waals surface area contributed by atoms with E-state index in [1.165, 1.54) is 0 Å². The van der Waals surface area contributed by atoms with E-state index in [0.717, 1.165) is 12.2 Å². The second-order valence-corrected chi connectivity index (χ2v) is 4.12. The zero-order chi connectivity index (χ0) is 11.3. The molecule has 1 rings (SSSR count). The molecule has 0 fully saturated rings.